The number of hydrogen-bond acceptors (Lipinski definition) is 5. The molecule has 0 radical (unpaired) electrons. The first-order valence-electron chi connectivity index (χ1n) is 8.39. The standard InChI is InChI=1S/C18H16Cl2FN5O/c1-10-7-22-18(20)24-15(10)14-9-25-4-5-26(17(27)16(25)23-14)8-11-2-3-13(21)12(19)6-11/h2-3,6-7,9,16,23H,4-5,8H2,1H3. The first kappa shape index (κ1) is 18.0. The Morgan fingerprint density at radius 2 is 2.15 bits per heavy atom. The summed E-state index contributed by atoms with van der Waals surface area (Å²) in [7, 11) is 0. The van der Waals surface area contributed by atoms with Crippen molar-refractivity contribution in [1.82, 2.24) is 25.1 Å². The average Bonchev–Trinajstić information content (AvgIpc) is 3.07. The van der Waals surface area contributed by atoms with Gasteiger partial charge in [-0.1, -0.05) is 17.7 Å². The second-order valence-corrected chi connectivity index (χ2v) is 7.25. The number of rotatable bonds is 3. The summed E-state index contributed by atoms with van der Waals surface area (Å²) in [6.45, 7) is 3.48. The van der Waals surface area contributed by atoms with Crippen molar-refractivity contribution >= 4 is 34.8 Å². The number of aromatic nitrogens is 2. The first-order valence-corrected chi connectivity index (χ1v) is 9.14. The van der Waals surface area contributed by atoms with Crippen molar-refractivity contribution in [2.75, 3.05) is 13.1 Å². The van der Waals surface area contributed by atoms with Gasteiger partial charge in [-0.2, -0.15) is 0 Å². The molecule has 1 aromatic heterocycles. The van der Waals surface area contributed by atoms with E-state index in [4.69, 9.17) is 23.2 Å². The molecule has 0 bridgehead atoms. The fourth-order valence-electron chi connectivity index (χ4n) is 3.26. The van der Waals surface area contributed by atoms with E-state index in [-0.39, 0.29) is 16.2 Å². The molecule has 2 aliphatic heterocycles. The molecule has 0 spiro atoms. The molecule has 1 N–H and O–H groups in total. The molecule has 2 aromatic rings. The third-order valence-electron chi connectivity index (χ3n) is 4.65. The Balaban J connectivity index is 1.51. The van der Waals surface area contributed by atoms with E-state index in [2.05, 4.69) is 15.3 Å². The Hall–Kier alpha value is -2.38. The van der Waals surface area contributed by atoms with E-state index < -0.39 is 12.0 Å². The van der Waals surface area contributed by atoms with Gasteiger partial charge in [-0.15, -0.1) is 0 Å². The highest BCUT2D eigenvalue weighted by Gasteiger charge is 2.38. The number of nitrogens with one attached hydrogen (secondary N) is 1. The summed E-state index contributed by atoms with van der Waals surface area (Å²) in [5.41, 5.74) is 3.06. The van der Waals surface area contributed by atoms with Gasteiger partial charge >= 0.3 is 0 Å². The van der Waals surface area contributed by atoms with Crippen molar-refractivity contribution in [2.45, 2.75) is 19.6 Å². The van der Waals surface area contributed by atoms with Crippen molar-refractivity contribution < 1.29 is 9.18 Å². The smallest absolute Gasteiger partial charge is 0.266 e. The zero-order chi connectivity index (χ0) is 19.1. The van der Waals surface area contributed by atoms with E-state index in [1.165, 1.54) is 6.07 Å². The van der Waals surface area contributed by atoms with Crippen LogP contribution in [-0.2, 0) is 11.3 Å². The molecular weight excluding hydrogens is 392 g/mol. The number of amides is 1. The Kier molecular flexibility index (Phi) is 4.65. The highest BCUT2D eigenvalue weighted by molar-refractivity contribution is 6.30. The van der Waals surface area contributed by atoms with Crippen LogP contribution in [0.1, 0.15) is 16.8 Å². The average molecular weight is 408 g/mol. The topological polar surface area (TPSA) is 61.4 Å². The zero-order valence-electron chi connectivity index (χ0n) is 14.4. The van der Waals surface area contributed by atoms with E-state index in [1.807, 2.05) is 18.0 Å². The van der Waals surface area contributed by atoms with Gasteiger partial charge in [0.05, 0.1) is 16.4 Å². The van der Waals surface area contributed by atoms with Crippen LogP contribution in [0.2, 0.25) is 10.3 Å². The van der Waals surface area contributed by atoms with Gasteiger partial charge in [-0.25, -0.2) is 14.4 Å². The lowest BCUT2D eigenvalue weighted by atomic mass is 10.1. The molecule has 2 aliphatic rings. The number of benzene rings is 1. The summed E-state index contributed by atoms with van der Waals surface area (Å²) in [5, 5.41) is 3.43. The minimum atomic E-state index is -0.502. The quantitative estimate of drug-likeness (QED) is 0.792. The van der Waals surface area contributed by atoms with Crippen molar-refractivity contribution in [3.8, 4) is 0 Å². The van der Waals surface area contributed by atoms with Gasteiger partial charge in [0, 0.05) is 32.0 Å². The second-order valence-electron chi connectivity index (χ2n) is 6.51. The summed E-state index contributed by atoms with van der Waals surface area (Å²) >= 11 is 11.8. The molecule has 1 fully saturated rings. The van der Waals surface area contributed by atoms with Crippen LogP contribution in [0.25, 0.3) is 5.70 Å². The van der Waals surface area contributed by atoms with E-state index in [0.29, 0.717) is 25.3 Å². The summed E-state index contributed by atoms with van der Waals surface area (Å²) < 4.78 is 13.3. The van der Waals surface area contributed by atoms with E-state index >= 15 is 0 Å². The third-order valence-corrected chi connectivity index (χ3v) is 5.12. The summed E-state index contributed by atoms with van der Waals surface area (Å²) in [4.78, 5) is 24.8. The Bertz CT molecular complexity index is 951. The Morgan fingerprint density at radius 3 is 2.93 bits per heavy atom. The van der Waals surface area contributed by atoms with Gasteiger partial charge in [0.2, 0.25) is 5.28 Å². The predicted octanol–water partition coefficient (Wildman–Crippen LogP) is 2.80. The number of aryl methyl sites for hydroxylation is 1. The molecule has 9 heteroatoms. The molecule has 0 saturated carbocycles. The van der Waals surface area contributed by atoms with Gasteiger partial charge < -0.3 is 15.1 Å². The highest BCUT2D eigenvalue weighted by atomic mass is 35.5. The molecule has 0 aliphatic carbocycles. The molecule has 1 saturated heterocycles. The molecule has 6 nitrogen and oxygen atoms in total. The number of piperazine rings is 1. The maximum absolute atomic E-state index is 13.3. The lowest BCUT2D eigenvalue weighted by Gasteiger charge is -2.37. The number of fused-ring (bicyclic) bond motifs is 1. The zero-order valence-corrected chi connectivity index (χ0v) is 15.9. The number of nitrogens with zero attached hydrogens (tertiary/aromatic N) is 4. The summed E-state index contributed by atoms with van der Waals surface area (Å²) in [6, 6.07) is 4.50. The molecule has 27 heavy (non-hydrogen) atoms. The van der Waals surface area contributed by atoms with Crippen molar-refractivity contribution in [2.24, 2.45) is 0 Å². The van der Waals surface area contributed by atoms with E-state index in [1.54, 1.807) is 23.2 Å². The molecule has 3 heterocycles. The van der Waals surface area contributed by atoms with Crippen LogP contribution in [-0.4, -0.2) is 44.9 Å². The summed E-state index contributed by atoms with van der Waals surface area (Å²) in [5.74, 6) is -0.535. The van der Waals surface area contributed by atoms with Crippen LogP contribution >= 0.6 is 23.2 Å². The Morgan fingerprint density at radius 1 is 1.33 bits per heavy atom. The van der Waals surface area contributed by atoms with Crippen molar-refractivity contribution in [1.29, 1.82) is 0 Å². The van der Waals surface area contributed by atoms with Crippen molar-refractivity contribution in [3.05, 3.63) is 63.5 Å². The molecule has 140 valence electrons. The number of carbonyl (C=O) groups is 1. The monoisotopic (exact) mass is 407 g/mol. The number of hydrogen-bond donors (Lipinski definition) is 1. The lowest BCUT2D eigenvalue weighted by Crippen LogP contribution is -2.57. The minimum Gasteiger partial charge on any atom is -0.354 e. The first-order chi connectivity index (χ1) is 12.9. The van der Waals surface area contributed by atoms with Crippen LogP contribution in [0.4, 0.5) is 4.39 Å². The maximum atomic E-state index is 13.3. The third kappa shape index (κ3) is 3.44. The highest BCUT2D eigenvalue weighted by Crippen LogP contribution is 2.26. The second kappa shape index (κ2) is 6.98. The normalized spacial score (nSPS) is 19.0. The number of halogens is 3. The summed E-state index contributed by atoms with van der Waals surface area (Å²) in [6.07, 6.45) is 3.04. The number of carbonyl (C=O) groups excluding carboxylic acids is 1. The molecular formula is C18H16Cl2FN5O. The molecule has 4 rings (SSSR count). The predicted molar refractivity (Wildman–Crippen MR) is 100 cm³/mol. The largest absolute Gasteiger partial charge is 0.354 e. The fourth-order valence-corrected chi connectivity index (χ4v) is 3.60. The van der Waals surface area contributed by atoms with Crippen molar-refractivity contribution in [3.63, 3.8) is 0 Å². The lowest BCUT2D eigenvalue weighted by molar-refractivity contribution is -0.140. The molecule has 1 aromatic carbocycles. The SMILES string of the molecule is Cc1cnc(Cl)nc1C1=CN2CCN(Cc3ccc(F)c(Cl)c3)C(=O)C2N1. The molecule has 1 amide bonds. The van der Waals surface area contributed by atoms with Gasteiger partial charge in [-0.05, 0) is 41.8 Å². The molecule has 1 unspecified atom stereocenters. The van der Waals surface area contributed by atoms with Crippen LogP contribution in [0.15, 0.2) is 30.6 Å². The van der Waals surface area contributed by atoms with E-state index in [9.17, 15) is 9.18 Å². The minimum absolute atomic E-state index is 0.0534. The Labute approximate surface area is 165 Å². The van der Waals surface area contributed by atoms with Gasteiger partial charge in [-0.3, -0.25) is 4.79 Å². The maximum Gasteiger partial charge on any atom is 0.266 e. The fraction of sp³-hybridized carbons (Fsp3) is 0.278. The van der Waals surface area contributed by atoms with Crippen LogP contribution in [0.3, 0.4) is 0 Å². The van der Waals surface area contributed by atoms with Gasteiger partial charge in [0.25, 0.3) is 5.91 Å². The van der Waals surface area contributed by atoms with Crippen LogP contribution in [0, 0.1) is 12.7 Å². The van der Waals surface area contributed by atoms with E-state index in [0.717, 1.165) is 16.8 Å². The van der Waals surface area contributed by atoms with Gasteiger partial charge in [0.1, 0.15) is 5.82 Å². The molecule has 1 atom stereocenters. The van der Waals surface area contributed by atoms with Gasteiger partial charge in [0.15, 0.2) is 6.17 Å². The van der Waals surface area contributed by atoms with Crippen LogP contribution in [0.5, 0.6) is 0 Å². The van der Waals surface area contributed by atoms with Crippen LogP contribution < -0.4 is 5.32 Å².